The number of piperazine rings is 1. The summed E-state index contributed by atoms with van der Waals surface area (Å²) in [5, 5.41) is 12.1. The Morgan fingerprint density at radius 1 is 1.12 bits per heavy atom. The summed E-state index contributed by atoms with van der Waals surface area (Å²) in [5.41, 5.74) is 1.06. The van der Waals surface area contributed by atoms with Crippen LogP contribution in [-0.4, -0.2) is 57.6 Å². The number of nitrogens with zero attached hydrogens (tertiary/aromatic N) is 3. The van der Waals surface area contributed by atoms with Crippen LogP contribution in [0.15, 0.2) is 30.3 Å². The number of rotatable bonds is 9. The van der Waals surface area contributed by atoms with Crippen LogP contribution in [0.3, 0.4) is 0 Å². The summed E-state index contributed by atoms with van der Waals surface area (Å²) in [6.45, 7) is 2.36. The number of esters is 1. The highest BCUT2D eigenvalue weighted by Gasteiger charge is 2.36. The molecule has 1 saturated heterocycles. The van der Waals surface area contributed by atoms with Crippen LogP contribution < -0.4 is 24.0 Å². The van der Waals surface area contributed by atoms with E-state index in [1.54, 1.807) is 12.1 Å². The summed E-state index contributed by atoms with van der Waals surface area (Å²) in [6, 6.07) is 7.75. The van der Waals surface area contributed by atoms with Crippen molar-refractivity contribution in [2.75, 3.05) is 56.5 Å². The van der Waals surface area contributed by atoms with Crippen molar-refractivity contribution in [3.05, 3.63) is 46.3 Å². The Bertz CT molecular complexity index is 1040. The first-order chi connectivity index (χ1) is 16.5. The number of methoxy groups -OCH3 is 1. The van der Waals surface area contributed by atoms with Crippen LogP contribution in [0, 0.1) is 15.9 Å². The molecular weight excluding hydrogens is 449 g/mol. The molecule has 0 spiro atoms. The molecule has 0 atom stereocenters. The Balaban J connectivity index is 1.51. The molecule has 34 heavy (non-hydrogen) atoms. The average Bonchev–Trinajstić information content (AvgIpc) is 3.31. The molecule has 0 unspecified atom stereocenters. The topological polar surface area (TPSA) is 104 Å². The molecule has 0 amide bonds. The first-order valence-corrected chi connectivity index (χ1v) is 11.0. The fourth-order valence-corrected chi connectivity index (χ4v) is 4.07. The van der Waals surface area contributed by atoms with Gasteiger partial charge in [0.2, 0.25) is 12.5 Å². The number of halogens is 1. The molecular formula is C23H26FN3O7. The van der Waals surface area contributed by atoms with E-state index >= 15 is 0 Å². The maximum Gasteiger partial charge on any atom is 0.338 e. The summed E-state index contributed by atoms with van der Waals surface area (Å²) in [6.07, 6.45) is 1.34. The van der Waals surface area contributed by atoms with Gasteiger partial charge in [0.15, 0.2) is 17.2 Å². The smallest absolute Gasteiger partial charge is 0.338 e. The molecule has 182 valence electrons. The fraction of sp³-hybridized carbons (Fsp3) is 0.435. The molecule has 0 N–H and O–H groups in total. The van der Waals surface area contributed by atoms with Gasteiger partial charge in [-0.15, -0.1) is 0 Å². The third kappa shape index (κ3) is 5.08. The molecule has 0 aromatic heterocycles. The number of carbonyl (C=O) groups is 1. The second kappa shape index (κ2) is 10.4. The molecule has 0 aliphatic carbocycles. The number of benzene rings is 2. The Morgan fingerprint density at radius 3 is 2.50 bits per heavy atom. The molecule has 0 saturated carbocycles. The van der Waals surface area contributed by atoms with E-state index in [2.05, 4.69) is 9.64 Å². The van der Waals surface area contributed by atoms with Gasteiger partial charge in [-0.2, -0.15) is 0 Å². The number of hydrogen-bond acceptors (Lipinski definition) is 9. The zero-order valence-electron chi connectivity index (χ0n) is 18.8. The van der Waals surface area contributed by atoms with Crippen LogP contribution in [0.2, 0.25) is 0 Å². The Kier molecular flexibility index (Phi) is 7.19. The number of ether oxygens (including phenoxy) is 4. The molecule has 11 heteroatoms. The van der Waals surface area contributed by atoms with Crippen LogP contribution in [0.5, 0.6) is 17.2 Å². The van der Waals surface area contributed by atoms with Crippen molar-refractivity contribution < 1.29 is 33.1 Å². The number of unbranched alkanes of at least 4 members (excludes halogenated alkanes) is 1. The van der Waals surface area contributed by atoms with E-state index in [0.717, 1.165) is 5.69 Å². The van der Waals surface area contributed by atoms with E-state index in [4.69, 9.17) is 14.2 Å². The van der Waals surface area contributed by atoms with Crippen molar-refractivity contribution in [2.24, 2.45) is 0 Å². The lowest BCUT2D eigenvalue weighted by Crippen LogP contribution is -2.46. The minimum Gasteiger partial charge on any atom is -0.487 e. The van der Waals surface area contributed by atoms with E-state index in [0.29, 0.717) is 56.2 Å². The molecule has 2 aliphatic heterocycles. The van der Waals surface area contributed by atoms with Crippen LogP contribution in [0.1, 0.15) is 19.3 Å². The lowest BCUT2D eigenvalue weighted by molar-refractivity contribution is -0.385. The Labute approximate surface area is 195 Å². The third-order valence-corrected chi connectivity index (χ3v) is 5.81. The summed E-state index contributed by atoms with van der Waals surface area (Å²) < 4.78 is 34.8. The van der Waals surface area contributed by atoms with Crippen molar-refractivity contribution in [3.8, 4) is 17.2 Å². The largest absolute Gasteiger partial charge is 0.487 e. The number of carbonyl (C=O) groups excluding carboxylic acids is 1. The standard InChI is InChI=1S/C23H26FN3O7/c1-31-20(28)4-2-3-13-32-18-14-19-23(34-15-33-19)22(21(18)27(29)30)26-11-9-25(10-12-26)17-7-5-16(24)6-8-17/h5-8,14H,2-4,9-13,15H2,1H3. The normalized spacial score (nSPS) is 14.8. The van der Waals surface area contributed by atoms with Crippen LogP contribution in [-0.2, 0) is 9.53 Å². The molecule has 0 bridgehead atoms. The van der Waals surface area contributed by atoms with Crippen molar-refractivity contribution >= 4 is 23.0 Å². The number of anilines is 2. The molecule has 4 rings (SSSR count). The van der Waals surface area contributed by atoms with E-state index in [9.17, 15) is 19.3 Å². The molecule has 0 radical (unpaired) electrons. The van der Waals surface area contributed by atoms with Gasteiger partial charge in [-0.25, -0.2) is 4.39 Å². The predicted octanol–water partition coefficient (Wildman–Crippen LogP) is 3.51. The SMILES string of the molecule is COC(=O)CCCCOc1cc2c(c(N3CCN(c4ccc(F)cc4)CC3)c1[N+](=O)[O-])OCO2. The minimum atomic E-state index is -0.465. The summed E-state index contributed by atoms with van der Waals surface area (Å²) in [4.78, 5) is 26.9. The zero-order chi connectivity index (χ0) is 24.1. The van der Waals surface area contributed by atoms with Crippen molar-refractivity contribution in [1.29, 1.82) is 0 Å². The molecule has 2 aliphatic rings. The number of nitro benzene ring substituents is 1. The lowest BCUT2D eigenvalue weighted by atomic mass is 10.1. The first kappa shape index (κ1) is 23.4. The Morgan fingerprint density at radius 2 is 1.82 bits per heavy atom. The first-order valence-electron chi connectivity index (χ1n) is 11.0. The second-order valence-corrected chi connectivity index (χ2v) is 7.90. The number of fused-ring (bicyclic) bond motifs is 1. The highest BCUT2D eigenvalue weighted by molar-refractivity contribution is 5.81. The van der Waals surface area contributed by atoms with Crippen molar-refractivity contribution in [1.82, 2.24) is 0 Å². The van der Waals surface area contributed by atoms with Gasteiger partial charge in [0, 0.05) is 44.4 Å². The van der Waals surface area contributed by atoms with Gasteiger partial charge in [-0.3, -0.25) is 14.9 Å². The monoisotopic (exact) mass is 475 g/mol. The Hall–Kier alpha value is -3.76. The van der Waals surface area contributed by atoms with Crippen LogP contribution in [0.4, 0.5) is 21.5 Å². The lowest BCUT2D eigenvalue weighted by Gasteiger charge is -2.37. The fourth-order valence-electron chi connectivity index (χ4n) is 4.07. The maximum atomic E-state index is 13.3. The molecule has 2 aromatic rings. The summed E-state index contributed by atoms with van der Waals surface area (Å²) >= 11 is 0. The minimum absolute atomic E-state index is 0.0301. The highest BCUT2D eigenvalue weighted by atomic mass is 19.1. The molecule has 10 nitrogen and oxygen atoms in total. The number of hydrogen-bond donors (Lipinski definition) is 0. The van der Waals surface area contributed by atoms with Gasteiger partial charge in [0.05, 0.1) is 18.6 Å². The third-order valence-electron chi connectivity index (χ3n) is 5.81. The van der Waals surface area contributed by atoms with Gasteiger partial charge in [0.1, 0.15) is 5.82 Å². The zero-order valence-corrected chi connectivity index (χ0v) is 18.8. The molecule has 1 fully saturated rings. The summed E-state index contributed by atoms with van der Waals surface area (Å²) in [7, 11) is 1.33. The summed E-state index contributed by atoms with van der Waals surface area (Å²) in [5.74, 6) is 0.221. The van der Waals surface area contributed by atoms with E-state index in [1.807, 2.05) is 4.90 Å². The second-order valence-electron chi connectivity index (χ2n) is 7.90. The average molecular weight is 475 g/mol. The maximum absolute atomic E-state index is 13.3. The van der Waals surface area contributed by atoms with Gasteiger partial charge >= 0.3 is 11.7 Å². The van der Waals surface area contributed by atoms with Gasteiger partial charge in [-0.05, 0) is 37.1 Å². The predicted molar refractivity (Wildman–Crippen MR) is 121 cm³/mol. The van der Waals surface area contributed by atoms with Gasteiger partial charge < -0.3 is 28.7 Å². The van der Waals surface area contributed by atoms with Crippen LogP contribution in [0.25, 0.3) is 0 Å². The number of nitro groups is 1. The van der Waals surface area contributed by atoms with E-state index < -0.39 is 4.92 Å². The van der Waals surface area contributed by atoms with Crippen molar-refractivity contribution in [3.63, 3.8) is 0 Å². The van der Waals surface area contributed by atoms with Crippen LogP contribution >= 0.6 is 0 Å². The van der Waals surface area contributed by atoms with Crippen molar-refractivity contribution in [2.45, 2.75) is 19.3 Å². The quantitative estimate of drug-likeness (QED) is 0.233. The molecule has 2 aromatic carbocycles. The highest BCUT2D eigenvalue weighted by Crippen LogP contribution is 2.52. The van der Waals surface area contributed by atoms with E-state index in [1.165, 1.54) is 25.3 Å². The van der Waals surface area contributed by atoms with Gasteiger partial charge in [0.25, 0.3) is 0 Å². The van der Waals surface area contributed by atoms with Gasteiger partial charge in [-0.1, -0.05) is 0 Å². The molecule has 2 heterocycles. The van der Waals surface area contributed by atoms with E-state index in [-0.39, 0.29) is 43.0 Å².